The second kappa shape index (κ2) is 6.57. The van der Waals surface area contributed by atoms with E-state index in [1.165, 1.54) is 16.7 Å². The molecule has 0 N–H and O–H groups in total. The van der Waals surface area contributed by atoms with Crippen LogP contribution in [0.4, 0.5) is 11.4 Å². The Balaban J connectivity index is 1.92. The Kier molecular flexibility index (Phi) is 4.33. The molecule has 0 fully saturated rings. The molecular formula is C21H20N2. The topological polar surface area (TPSA) is 24.7 Å². The van der Waals surface area contributed by atoms with Crippen LogP contribution in [0.25, 0.3) is 11.1 Å². The summed E-state index contributed by atoms with van der Waals surface area (Å²) in [5.74, 6) is 0. The van der Waals surface area contributed by atoms with E-state index in [9.17, 15) is 0 Å². The van der Waals surface area contributed by atoms with Crippen molar-refractivity contribution in [2.75, 3.05) is 0 Å². The first-order valence-electron chi connectivity index (χ1n) is 7.79. The number of aryl methyl sites for hydroxylation is 3. The van der Waals surface area contributed by atoms with E-state index in [0.717, 1.165) is 22.5 Å². The van der Waals surface area contributed by atoms with Crippen molar-refractivity contribution in [1.82, 2.24) is 0 Å². The minimum Gasteiger partial charge on any atom is -0.150 e. The molecule has 0 aliphatic carbocycles. The fraction of sp³-hybridized carbons (Fsp3) is 0.143. The maximum atomic E-state index is 4.42. The van der Waals surface area contributed by atoms with Crippen LogP contribution in [0.1, 0.15) is 16.7 Å². The molecule has 0 unspecified atom stereocenters. The van der Waals surface area contributed by atoms with Gasteiger partial charge >= 0.3 is 0 Å². The molecular weight excluding hydrogens is 280 g/mol. The van der Waals surface area contributed by atoms with Crippen LogP contribution in [0.2, 0.25) is 0 Å². The Morgan fingerprint density at radius 1 is 0.565 bits per heavy atom. The molecule has 0 heterocycles. The van der Waals surface area contributed by atoms with E-state index in [1.54, 1.807) is 0 Å². The zero-order valence-electron chi connectivity index (χ0n) is 13.7. The van der Waals surface area contributed by atoms with Gasteiger partial charge in [-0.2, -0.15) is 10.2 Å². The van der Waals surface area contributed by atoms with Gasteiger partial charge in [0.1, 0.15) is 0 Å². The summed E-state index contributed by atoms with van der Waals surface area (Å²) in [6.07, 6.45) is 0. The van der Waals surface area contributed by atoms with E-state index in [4.69, 9.17) is 0 Å². The molecule has 0 saturated heterocycles. The molecule has 0 bridgehead atoms. The van der Waals surface area contributed by atoms with Crippen molar-refractivity contribution in [3.63, 3.8) is 0 Å². The summed E-state index contributed by atoms with van der Waals surface area (Å²) < 4.78 is 0. The molecule has 0 radical (unpaired) electrons. The molecule has 2 heteroatoms. The number of benzene rings is 3. The van der Waals surface area contributed by atoms with Crippen molar-refractivity contribution < 1.29 is 0 Å². The van der Waals surface area contributed by atoms with Crippen LogP contribution in [-0.4, -0.2) is 0 Å². The highest BCUT2D eigenvalue weighted by Gasteiger charge is 2.04. The summed E-state index contributed by atoms with van der Waals surface area (Å²) >= 11 is 0. The summed E-state index contributed by atoms with van der Waals surface area (Å²) in [5.41, 5.74) is 7.84. The molecule has 3 aromatic rings. The van der Waals surface area contributed by atoms with Gasteiger partial charge in [0.05, 0.1) is 11.4 Å². The van der Waals surface area contributed by atoms with Crippen molar-refractivity contribution in [1.29, 1.82) is 0 Å². The van der Waals surface area contributed by atoms with Crippen LogP contribution in [0.15, 0.2) is 77.0 Å². The third kappa shape index (κ3) is 3.37. The average molecular weight is 300 g/mol. The van der Waals surface area contributed by atoms with Crippen molar-refractivity contribution >= 4 is 11.4 Å². The Morgan fingerprint density at radius 3 is 1.83 bits per heavy atom. The second-order valence-electron chi connectivity index (χ2n) is 5.80. The van der Waals surface area contributed by atoms with Gasteiger partial charge in [0.2, 0.25) is 0 Å². The lowest BCUT2D eigenvalue weighted by Gasteiger charge is -2.08. The largest absolute Gasteiger partial charge is 0.150 e. The SMILES string of the molecule is Cc1ccccc1N=Nc1ccc(-c2ccccc2C)cc1C. The number of hydrogen-bond donors (Lipinski definition) is 0. The Labute approximate surface area is 137 Å². The van der Waals surface area contributed by atoms with Gasteiger partial charge < -0.3 is 0 Å². The van der Waals surface area contributed by atoms with Crippen LogP contribution < -0.4 is 0 Å². The van der Waals surface area contributed by atoms with Gasteiger partial charge in [-0.25, -0.2) is 0 Å². The summed E-state index contributed by atoms with van der Waals surface area (Å²) in [6.45, 7) is 6.26. The molecule has 23 heavy (non-hydrogen) atoms. The molecule has 3 rings (SSSR count). The van der Waals surface area contributed by atoms with Gasteiger partial charge in [0.25, 0.3) is 0 Å². The van der Waals surface area contributed by atoms with Gasteiger partial charge in [-0.05, 0) is 66.8 Å². The summed E-state index contributed by atoms with van der Waals surface area (Å²) in [5, 5.41) is 8.80. The zero-order chi connectivity index (χ0) is 16.2. The van der Waals surface area contributed by atoms with Crippen LogP contribution in [0, 0.1) is 20.8 Å². The van der Waals surface area contributed by atoms with Crippen LogP contribution in [-0.2, 0) is 0 Å². The number of azo groups is 1. The molecule has 114 valence electrons. The van der Waals surface area contributed by atoms with Crippen molar-refractivity contribution in [2.24, 2.45) is 10.2 Å². The first-order valence-corrected chi connectivity index (χ1v) is 7.79. The molecule has 2 nitrogen and oxygen atoms in total. The van der Waals surface area contributed by atoms with E-state index < -0.39 is 0 Å². The number of rotatable bonds is 3. The van der Waals surface area contributed by atoms with Crippen LogP contribution in [0.5, 0.6) is 0 Å². The lowest BCUT2D eigenvalue weighted by atomic mass is 9.99. The van der Waals surface area contributed by atoms with Gasteiger partial charge in [-0.15, -0.1) is 0 Å². The van der Waals surface area contributed by atoms with Crippen LogP contribution >= 0.6 is 0 Å². The molecule has 0 saturated carbocycles. The summed E-state index contributed by atoms with van der Waals surface area (Å²) in [4.78, 5) is 0. The molecule has 0 aliphatic heterocycles. The second-order valence-corrected chi connectivity index (χ2v) is 5.80. The lowest BCUT2D eigenvalue weighted by Crippen LogP contribution is -1.84. The lowest BCUT2D eigenvalue weighted by molar-refractivity contribution is 1.19. The summed E-state index contributed by atoms with van der Waals surface area (Å²) in [7, 11) is 0. The fourth-order valence-electron chi connectivity index (χ4n) is 2.62. The third-order valence-corrected chi connectivity index (χ3v) is 4.03. The normalized spacial score (nSPS) is 11.1. The van der Waals surface area contributed by atoms with Gasteiger partial charge in [-0.1, -0.05) is 48.5 Å². The quantitative estimate of drug-likeness (QED) is 0.481. The van der Waals surface area contributed by atoms with Crippen molar-refractivity contribution in [3.05, 3.63) is 83.4 Å². The molecule has 0 amide bonds. The van der Waals surface area contributed by atoms with Crippen LogP contribution in [0.3, 0.4) is 0 Å². The predicted molar refractivity (Wildman–Crippen MR) is 96.7 cm³/mol. The summed E-state index contributed by atoms with van der Waals surface area (Å²) in [6, 6.07) is 22.8. The standard InChI is InChI=1S/C21H20N2/c1-15-8-4-6-10-19(15)18-12-13-21(17(3)14-18)23-22-20-11-7-5-9-16(20)2/h4-14H,1-3H3. The Bertz CT molecular complexity index is 863. The average Bonchev–Trinajstić information content (AvgIpc) is 2.55. The predicted octanol–water partition coefficient (Wildman–Crippen LogP) is 6.69. The first kappa shape index (κ1) is 15.2. The maximum absolute atomic E-state index is 4.42. The van der Waals surface area contributed by atoms with E-state index >= 15 is 0 Å². The van der Waals surface area contributed by atoms with Crippen molar-refractivity contribution in [2.45, 2.75) is 20.8 Å². The van der Waals surface area contributed by atoms with Gasteiger partial charge in [0, 0.05) is 0 Å². The third-order valence-electron chi connectivity index (χ3n) is 4.03. The highest BCUT2D eigenvalue weighted by molar-refractivity contribution is 5.70. The van der Waals surface area contributed by atoms with Crippen molar-refractivity contribution in [3.8, 4) is 11.1 Å². The van der Waals surface area contributed by atoms with E-state index in [0.29, 0.717) is 0 Å². The Hall–Kier alpha value is -2.74. The molecule has 0 aromatic heterocycles. The zero-order valence-corrected chi connectivity index (χ0v) is 13.7. The maximum Gasteiger partial charge on any atom is 0.0886 e. The highest BCUT2D eigenvalue weighted by atomic mass is 15.1. The number of hydrogen-bond acceptors (Lipinski definition) is 2. The molecule has 3 aromatic carbocycles. The van der Waals surface area contributed by atoms with E-state index in [-0.39, 0.29) is 0 Å². The van der Waals surface area contributed by atoms with Gasteiger partial charge in [0.15, 0.2) is 0 Å². The Morgan fingerprint density at radius 2 is 1.17 bits per heavy atom. The minimum atomic E-state index is 0.908. The smallest absolute Gasteiger partial charge is 0.0886 e. The van der Waals surface area contributed by atoms with E-state index in [1.807, 2.05) is 37.3 Å². The highest BCUT2D eigenvalue weighted by Crippen LogP contribution is 2.29. The minimum absolute atomic E-state index is 0.908. The first-order chi connectivity index (χ1) is 11.1. The number of nitrogens with zero attached hydrogens (tertiary/aromatic N) is 2. The molecule has 0 atom stereocenters. The molecule has 0 spiro atoms. The molecule has 0 aliphatic rings. The fourth-order valence-corrected chi connectivity index (χ4v) is 2.62. The van der Waals surface area contributed by atoms with E-state index in [2.05, 4.69) is 60.5 Å². The van der Waals surface area contributed by atoms with Gasteiger partial charge in [-0.3, -0.25) is 0 Å². The monoisotopic (exact) mass is 300 g/mol.